The molecule has 0 saturated carbocycles. The number of nitrogens with zero attached hydrogens (tertiary/aromatic N) is 3. The minimum Gasteiger partial charge on any atom is -0.379 e. The fraction of sp³-hybridized carbons (Fsp3) is 0.500. The Bertz CT molecular complexity index is 1020. The van der Waals surface area contributed by atoms with Crippen LogP contribution in [0.15, 0.2) is 41.4 Å². The van der Waals surface area contributed by atoms with Crippen LogP contribution in [0.3, 0.4) is 0 Å². The molecule has 2 fully saturated rings. The van der Waals surface area contributed by atoms with Crippen molar-refractivity contribution >= 4 is 15.9 Å². The van der Waals surface area contributed by atoms with E-state index in [0.29, 0.717) is 38.5 Å². The lowest BCUT2D eigenvalue weighted by Crippen LogP contribution is -2.40. The highest BCUT2D eigenvalue weighted by atomic mass is 32.2. The molecule has 0 aliphatic carbocycles. The van der Waals surface area contributed by atoms with Crippen molar-refractivity contribution in [3.8, 4) is 0 Å². The maximum atomic E-state index is 12.9. The number of carbonyl (C=O) groups excluding carboxylic acids is 1. The number of aromatic nitrogens is 1. The number of likely N-dealkylation sites (tertiary alicyclic amines) is 1. The van der Waals surface area contributed by atoms with Gasteiger partial charge in [-0.1, -0.05) is 24.3 Å². The second-order valence-corrected chi connectivity index (χ2v) is 10.1. The average molecular weight is 447 g/mol. The Morgan fingerprint density at radius 3 is 2.45 bits per heavy atom. The van der Waals surface area contributed by atoms with E-state index in [4.69, 9.17) is 4.74 Å². The van der Waals surface area contributed by atoms with Gasteiger partial charge in [0.05, 0.1) is 13.2 Å². The van der Waals surface area contributed by atoms with Crippen LogP contribution >= 0.6 is 0 Å². The summed E-state index contributed by atoms with van der Waals surface area (Å²) in [6, 6.07) is 9.60. The van der Waals surface area contributed by atoms with Crippen LogP contribution in [0.1, 0.15) is 34.5 Å². The van der Waals surface area contributed by atoms with Gasteiger partial charge in [-0.25, -0.2) is 8.42 Å². The maximum absolute atomic E-state index is 12.9. The van der Waals surface area contributed by atoms with E-state index >= 15 is 0 Å². The van der Waals surface area contributed by atoms with Gasteiger partial charge in [-0.05, 0) is 43.1 Å². The second-order valence-electron chi connectivity index (χ2n) is 8.12. The molecule has 0 bridgehead atoms. The second kappa shape index (κ2) is 9.52. The summed E-state index contributed by atoms with van der Waals surface area (Å²) in [6.07, 6.45) is 3.98. The Balaban J connectivity index is 1.44. The van der Waals surface area contributed by atoms with E-state index in [9.17, 15) is 13.2 Å². The van der Waals surface area contributed by atoms with Gasteiger partial charge < -0.3 is 14.6 Å². The molecule has 4 rings (SSSR count). The van der Waals surface area contributed by atoms with Crippen LogP contribution in [0.2, 0.25) is 0 Å². The van der Waals surface area contributed by atoms with Crippen LogP contribution in [0.25, 0.3) is 0 Å². The lowest BCUT2D eigenvalue weighted by molar-refractivity contribution is 0.0730. The van der Waals surface area contributed by atoms with Crippen molar-refractivity contribution in [1.29, 1.82) is 0 Å². The Morgan fingerprint density at radius 2 is 1.74 bits per heavy atom. The van der Waals surface area contributed by atoms with Crippen LogP contribution in [0, 0.1) is 0 Å². The molecule has 9 heteroatoms. The molecule has 2 aliphatic heterocycles. The predicted octanol–water partition coefficient (Wildman–Crippen LogP) is 1.57. The van der Waals surface area contributed by atoms with E-state index in [0.717, 1.165) is 25.2 Å². The van der Waals surface area contributed by atoms with Crippen molar-refractivity contribution in [3.05, 3.63) is 53.3 Å². The van der Waals surface area contributed by atoms with E-state index in [-0.39, 0.29) is 10.8 Å². The van der Waals surface area contributed by atoms with Crippen molar-refractivity contribution in [2.24, 2.45) is 7.05 Å². The molecular weight excluding hydrogens is 416 g/mol. The molecule has 31 heavy (non-hydrogen) atoms. The molecule has 2 aliphatic rings. The summed E-state index contributed by atoms with van der Waals surface area (Å²) >= 11 is 0. The zero-order valence-corrected chi connectivity index (χ0v) is 18.7. The van der Waals surface area contributed by atoms with Crippen LogP contribution in [0.4, 0.5) is 0 Å². The quantitative estimate of drug-likeness (QED) is 0.698. The highest BCUT2D eigenvalue weighted by Gasteiger charge is 2.28. The molecule has 8 nitrogen and oxygen atoms in total. The van der Waals surface area contributed by atoms with Gasteiger partial charge in [0.2, 0.25) is 10.0 Å². The Labute approximate surface area is 183 Å². The molecule has 0 atom stereocenters. The van der Waals surface area contributed by atoms with E-state index in [1.165, 1.54) is 35.0 Å². The molecule has 168 valence electrons. The summed E-state index contributed by atoms with van der Waals surface area (Å²) < 4.78 is 34.0. The van der Waals surface area contributed by atoms with Crippen LogP contribution in [0.5, 0.6) is 0 Å². The average Bonchev–Trinajstić information content (AvgIpc) is 3.43. The lowest BCUT2D eigenvalue weighted by atomic mass is 10.1. The van der Waals surface area contributed by atoms with Crippen molar-refractivity contribution in [2.75, 3.05) is 39.4 Å². The topological polar surface area (TPSA) is 83.9 Å². The summed E-state index contributed by atoms with van der Waals surface area (Å²) in [5, 5.41) is 2.96. The Hall–Kier alpha value is -2.20. The number of rotatable bonds is 7. The summed E-state index contributed by atoms with van der Waals surface area (Å²) in [5.41, 5.74) is 2.62. The molecular formula is C22H30N4O4S. The van der Waals surface area contributed by atoms with Gasteiger partial charge in [-0.2, -0.15) is 4.31 Å². The van der Waals surface area contributed by atoms with Gasteiger partial charge >= 0.3 is 0 Å². The minimum absolute atomic E-state index is 0.136. The number of benzene rings is 1. The van der Waals surface area contributed by atoms with Gasteiger partial charge in [0, 0.05) is 39.4 Å². The largest absolute Gasteiger partial charge is 0.379 e. The van der Waals surface area contributed by atoms with E-state index in [1.807, 2.05) is 18.2 Å². The number of hydrogen-bond donors (Lipinski definition) is 1. The molecule has 1 aromatic heterocycles. The first-order valence-electron chi connectivity index (χ1n) is 10.8. The maximum Gasteiger partial charge on any atom is 0.268 e. The summed E-state index contributed by atoms with van der Waals surface area (Å²) in [6.45, 7) is 4.94. The number of hydrogen-bond acceptors (Lipinski definition) is 5. The SMILES string of the molecule is Cn1cc(S(=O)(=O)N2CCOCC2)cc1C(=O)NCc1ccccc1CN1CCCC1. The standard InChI is InChI=1S/C22H30N4O4S/c1-24-17-20(31(28,29)26-10-12-30-13-11-26)14-21(24)22(27)23-15-18-6-2-3-7-19(18)16-25-8-4-5-9-25/h2-3,6-7,14,17H,4-5,8-13,15-16H2,1H3,(H,23,27). The zero-order valence-electron chi connectivity index (χ0n) is 17.9. The number of aryl methyl sites for hydroxylation is 1. The molecule has 1 amide bonds. The number of sulfonamides is 1. The van der Waals surface area contributed by atoms with Gasteiger partial charge in [0.15, 0.2) is 0 Å². The Kier molecular flexibility index (Phi) is 6.76. The smallest absolute Gasteiger partial charge is 0.268 e. The molecule has 0 spiro atoms. The van der Waals surface area contributed by atoms with Crippen molar-refractivity contribution < 1.29 is 17.9 Å². The number of nitrogens with one attached hydrogen (secondary N) is 1. The van der Waals surface area contributed by atoms with Crippen LogP contribution in [-0.4, -0.2) is 67.5 Å². The fourth-order valence-electron chi connectivity index (χ4n) is 4.17. The first kappa shape index (κ1) is 22.0. The molecule has 2 saturated heterocycles. The molecule has 2 aromatic rings. The first-order valence-corrected chi connectivity index (χ1v) is 12.2. The molecule has 1 aromatic carbocycles. The third kappa shape index (κ3) is 5.01. The van der Waals surface area contributed by atoms with Crippen LogP contribution in [-0.2, 0) is 34.9 Å². The van der Waals surface area contributed by atoms with Crippen molar-refractivity contribution in [2.45, 2.75) is 30.8 Å². The first-order chi connectivity index (χ1) is 14.9. The van der Waals surface area contributed by atoms with Crippen molar-refractivity contribution in [3.63, 3.8) is 0 Å². The number of amides is 1. The Morgan fingerprint density at radius 1 is 1.06 bits per heavy atom. The van der Waals surface area contributed by atoms with E-state index in [2.05, 4.69) is 16.3 Å². The highest BCUT2D eigenvalue weighted by Crippen LogP contribution is 2.20. The monoisotopic (exact) mass is 446 g/mol. The number of carbonyl (C=O) groups is 1. The predicted molar refractivity (Wildman–Crippen MR) is 117 cm³/mol. The van der Waals surface area contributed by atoms with E-state index in [1.54, 1.807) is 11.6 Å². The van der Waals surface area contributed by atoms with Gasteiger partial charge in [-0.3, -0.25) is 9.69 Å². The molecule has 0 radical (unpaired) electrons. The zero-order chi connectivity index (χ0) is 21.8. The number of ether oxygens (including phenoxy) is 1. The van der Waals surface area contributed by atoms with Crippen LogP contribution < -0.4 is 5.32 Å². The van der Waals surface area contributed by atoms with Gasteiger partial charge in [-0.15, -0.1) is 0 Å². The van der Waals surface area contributed by atoms with Gasteiger partial charge in [0.1, 0.15) is 10.6 Å². The summed E-state index contributed by atoms with van der Waals surface area (Å²) in [4.78, 5) is 15.4. The minimum atomic E-state index is -3.64. The lowest BCUT2D eigenvalue weighted by Gasteiger charge is -2.25. The van der Waals surface area contributed by atoms with E-state index < -0.39 is 10.0 Å². The van der Waals surface area contributed by atoms with Crippen molar-refractivity contribution in [1.82, 2.24) is 19.1 Å². The molecule has 0 unspecified atom stereocenters. The number of morpholine rings is 1. The third-order valence-electron chi connectivity index (χ3n) is 5.97. The fourth-order valence-corrected chi connectivity index (χ4v) is 5.65. The molecule has 1 N–H and O–H groups in total. The van der Waals surface area contributed by atoms with Gasteiger partial charge in [0.25, 0.3) is 5.91 Å². The normalized spacial score (nSPS) is 18.4. The third-order valence-corrected chi connectivity index (χ3v) is 7.83. The summed E-state index contributed by atoms with van der Waals surface area (Å²) in [7, 11) is -1.95. The molecule has 3 heterocycles. The summed E-state index contributed by atoms with van der Waals surface area (Å²) in [5.74, 6) is -0.290. The highest BCUT2D eigenvalue weighted by molar-refractivity contribution is 7.89.